The van der Waals surface area contributed by atoms with E-state index in [-0.39, 0.29) is 11.9 Å². The second kappa shape index (κ2) is 7.47. The van der Waals surface area contributed by atoms with Crippen LogP contribution in [0.25, 0.3) is 0 Å². The average Bonchev–Trinajstić information content (AvgIpc) is 2.53. The van der Waals surface area contributed by atoms with Crippen molar-refractivity contribution in [3.8, 4) is 0 Å². The maximum absolute atomic E-state index is 12.1. The van der Waals surface area contributed by atoms with Gasteiger partial charge in [-0.1, -0.05) is 50.6 Å². The molecule has 2 heteroatoms. The maximum Gasteiger partial charge on any atom is 0.309 e. The van der Waals surface area contributed by atoms with Crippen molar-refractivity contribution in [2.75, 3.05) is 0 Å². The van der Waals surface area contributed by atoms with Crippen LogP contribution in [0.5, 0.6) is 0 Å². The highest BCUT2D eigenvalue weighted by molar-refractivity contribution is 5.72. The highest BCUT2D eigenvalue weighted by Gasteiger charge is 2.29. The molecule has 2 nitrogen and oxygen atoms in total. The van der Waals surface area contributed by atoms with Gasteiger partial charge in [-0.05, 0) is 43.1 Å². The van der Waals surface area contributed by atoms with Crippen LogP contribution in [-0.2, 0) is 16.1 Å². The number of carbonyl (C=O) groups excluding carboxylic acids is 1. The van der Waals surface area contributed by atoms with Crippen molar-refractivity contribution in [2.45, 2.75) is 52.6 Å². The van der Waals surface area contributed by atoms with Gasteiger partial charge in [0.05, 0.1) is 5.92 Å². The molecule has 1 saturated carbocycles. The summed E-state index contributed by atoms with van der Waals surface area (Å²) in [6, 6.07) is 9.91. The predicted octanol–water partition coefficient (Wildman–Crippen LogP) is 4.58. The Hall–Kier alpha value is -1.31. The van der Waals surface area contributed by atoms with E-state index < -0.39 is 0 Å². The zero-order valence-electron chi connectivity index (χ0n) is 12.7. The number of carbonyl (C=O) groups is 1. The summed E-state index contributed by atoms with van der Waals surface area (Å²) >= 11 is 0. The lowest BCUT2D eigenvalue weighted by atomic mass is 9.75. The summed E-state index contributed by atoms with van der Waals surface area (Å²) in [5, 5.41) is 0. The van der Waals surface area contributed by atoms with E-state index in [0.29, 0.717) is 6.61 Å². The summed E-state index contributed by atoms with van der Waals surface area (Å²) < 4.78 is 5.45. The molecule has 0 radical (unpaired) electrons. The summed E-state index contributed by atoms with van der Waals surface area (Å²) in [7, 11) is 0. The number of ether oxygens (including phenoxy) is 1. The van der Waals surface area contributed by atoms with E-state index in [1.165, 1.54) is 19.3 Å². The van der Waals surface area contributed by atoms with Crippen molar-refractivity contribution in [2.24, 2.45) is 17.8 Å². The van der Waals surface area contributed by atoms with Crippen LogP contribution in [0.15, 0.2) is 30.3 Å². The van der Waals surface area contributed by atoms with E-state index in [1.807, 2.05) is 30.3 Å². The third kappa shape index (κ3) is 4.09. The highest BCUT2D eigenvalue weighted by atomic mass is 16.5. The lowest BCUT2D eigenvalue weighted by Crippen LogP contribution is -2.26. The summed E-state index contributed by atoms with van der Waals surface area (Å²) in [5.41, 5.74) is 1.06. The molecule has 0 aliphatic heterocycles. The fourth-order valence-electron chi connectivity index (χ4n) is 3.10. The number of hydrogen-bond acceptors (Lipinski definition) is 2. The Kier molecular flexibility index (Phi) is 5.63. The molecule has 1 fully saturated rings. The number of rotatable bonds is 5. The van der Waals surface area contributed by atoms with Crippen molar-refractivity contribution >= 4 is 5.97 Å². The van der Waals surface area contributed by atoms with Crippen LogP contribution in [0.3, 0.4) is 0 Å². The predicted molar refractivity (Wildman–Crippen MR) is 81.1 cm³/mol. The van der Waals surface area contributed by atoms with Crippen LogP contribution in [-0.4, -0.2) is 5.97 Å². The Balaban J connectivity index is 1.75. The van der Waals surface area contributed by atoms with E-state index in [9.17, 15) is 4.79 Å². The van der Waals surface area contributed by atoms with Crippen molar-refractivity contribution in [3.05, 3.63) is 35.9 Å². The van der Waals surface area contributed by atoms with Gasteiger partial charge >= 0.3 is 5.97 Å². The first kappa shape index (κ1) is 15.1. The van der Waals surface area contributed by atoms with Gasteiger partial charge in [0.25, 0.3) is 0 Å². The van der Waals surface area contributed by atoms with Crippen molar-refractivity contribution in [3.63, 3.8) is 0 Å². The minimum Gasteiger partial charge on any atom is -0.461 e. The standard InChI is InChI=1S/C18H26O2/c1-3-14(2)16-9-11-17(12-10-16)18(19)20-13-15-7-5-4-6-8-15/h4-8,14,16-17H,3,9-13H2,1-2H3. The summed E-state index contributed by atoms with van der Waals surface area (Å²) in [4.78, 5) is 12.1. The molecule has 1 unspecified atom stereocenters. The zero-order chi connectivity index (χ0) is 14.4. The van der Waals surface area contributed by atoms with Crippen molar-refractivity contribution in [1.29, 1.82) is 0 Å². The average molecular weight is 274 g/mol. The molecule has 0 N–H and O–H groups in total. The van der Waals surface area contributed by atoms with E-state index in [4.69, 9.17) is 4.74 Å². The second-order valence-corrected chi connectivity index (χ2v) is 6.09. The van der Waals surface area contributed by atoms with Gasteiger partial charge in [0.1, 0.15) is 6.61 Å². The molecule has 0 amide bonds. The summed E-state index contributed by atoms with van der Waals surface area (Å²) in [6.07, 6.45) is 5.61. The molecule has 1 aromatic carbocycles. The molecule has 0 saturated heterocycles. The van der Waals surface area contributed by atoms with Gasteiger partial charge in [-0.15, -0.1) is 0 Å². The Morgan fingerprint density at radius 3 is 2.45 bits per heavy atom. The van der Waals surface area contributed by atoms with Crippen LogP contribution >= 0.6 is 0 Å². The molecule has 0 spiro atoms. The Labute approximate surface area is 122 Å². The third-order valence-corrected chi connectivity index (χ3v) is 4.78. The molecule has 0 bridgehead atoms. The quantitative estimate of drug-likeness (QED) is 0.734. The molecular formula is C18H26O2. The lowest BCUT2D eigenvalue weighted by Gasteiger charge is -2.30. The fourth-order valence-corrected chi connectivity index (χ4v) is 3.10. The van der Waals surface area contributed by atoms with E-state index in [2.05, 4.69) is 13.8 Å². The zero-order valence-corrected chi connectivity index (χ0v) is 12.7. The van der Waals surface area contributed by atoms with Crippen molar-refractivity contribution in [1.82, 2.24) is 0 Å². The van der Waals surface area contributed by atoms with E-state index in [0.717, 1.165) is 30.2 Å². The topological polar surface area (TPSA) is 26.3 Å². The lowest BCUT2D eigenvalue weighted by molar-refractivity contribution is -0.151. The van der Waals surface area contributed by atoms with Gasteiger partial charge in [-0.3, -0.25) is 4.79 Å². The molecule has 20 heavy (non-hydrogen) atoms. The van der Waals surface area contributed by atoms with Gasteiger partial charge in [0, 0.05) is 0 Å². The van der Waals surface area contributed by atoms with Crippen molar-refractivity contribution < 1.29 is 9.53 Å². The normalized spacial score (nSPS) is 24.1. The molecule has 2 rings (SSSR count). The first-order valence-corrected chi connectivity index (χ1v) is 7.91. The van der Waals surface area contributed by atoms with Crippen LogP contribution in [0.4, 0.5) is 0 Å². The summed E-state index contributed by atoms with van der Waals surface area (Å²) in [6.45, 7) is 4.99. The van der Waals surface area contributed by atoms with E-state index >= 15 is 0 Å². The molecule has 0 heterocycles. The largest absolute Gasteiger partial charge is 0.461 e. The maximum atomic E-state index is 12.1. The van der Waals surface area contributed by atoms with Gasteiger partial charge in [-0.2, -0.15) is 0 Å². The first-order chi connectivity index (χ1) is 9.70. The minimum atomic E-state index is -0.00328. The number of esters is 1. The highest BCUT2D eigenvalue weighted by Crippen LogP contribution is 2.35. The summed E-state index contributed by atoms with van der Waals surface area (Å²) in [5.74, 6) is 1.71. The fraction of sp³-hybridized carbons (Fsp3) is 0.611. The van der Waals surface area contributed by atoms with E-state index in [1.54, 1.807) is 0 Å². The van der Waals surface area contributed by atoms with Gasteiger partial charge in [0.2, 0.25) is 0 Å². The Morgan fingerprint density at radius 1 is 1.20 bits per heavy atom. The van der Waals surface area contributed by atoms with Gasteiger partial charge in [0.15, 0.2) is 0 Å². The number of hydrogen-bond donors (Lipinski definition) is 0. The molecule has 1 aromatic rings. The minimum absolute atomic E-state index is 0.00328. The molecule has 110 valence electrons. The molecule has 0 aromatic heterocycles. The SMILES string of the molecule is CCC(C)C1CCC(C(=O)OCc2ccccc2)CC1. The molecule has 1 atom stereocenters. The van der Waals surface area contributed by atoms with Gasteiger partial charge in [-0.25, -0.2) is 0 Å². The third-order valence-electron chi connectivity index (χ3n) is 4.78. The van der Waals surface area contributed by atoms with Crippen LogP contribution in [0, 0.1) is 17.8 Å². The Bertz CT molecular complexity index is 405. The monoisotopic (exact) mass is 274 g/mol. The van der Waals surface area contributed by atoms with Crippen LogP contribution < -0.4 is 0 Å². The van der Waals surface area contributed by atoms with Crippen LogP contribution in [0.1, 0.15) is 51.5 Å². The smallest absolute Gasteiger partial charge is 0.309 e. The van der Waals surface area contributed by atoms with Gasteiger partial charge < -0.3 is 4.74 Å². The number of benzene rings is 1. The Morgan fingerprint density at radius 2 is 1.85 bits per heavy atom. The van der Waals surface area contributed by atoms with Crippen LogP contribution in [0.2, 0.25) is 0 Å². The second-order valence-electron chi connectivity index (χ2n) is 6.09. The molecule has 1 aliphatic rings. The first-order valence-electron chi connectivity index (χ1n) is 7.91. The molecular weight excluding hydrogens is 248 g/mol. The molecule has 1 aliphatic carbocycles.